The van der Waals surface area contributed by atoms with Gasteiger partial charge in [0.05, 0.1) is 11.6 Å². The van der Waals surface area contributed by atoms with Crippen molar-refractivity contribution in [3.8, 4) is 17.2 Å². The van der Waals surface area contributed by atoms with Crippen molar-refractivity contribution in [3.05, 3.63) is 64.6 Å². The number of amides is 1. The quantitative estimate of drug-likeness (QED) is 0.701. The molecule has 8 heteroatoms. The number of rotatable bonds is 3. The van der Waals surface area contributed by atoms with Gasteiger partial charge in [0.2, 0.25) is 0 Å². The van der Waals surface area contributed by atoms with E-state index in [0.717, 1.165) is 16.0 Å². The predicted molar refractivity (Wildman–Crippen MR) is 111 cm³/mol. The molecule has 1 fully saturated rings. The number of hydrogen-bond donors (Lipinski definition) is 2. The smallest absolute Gasteiger partial charge is 0.259 e. The van der Waals surface area contributed by atoms with Crippen molar-refractivity contribution < 1.29 is 4.79 Å². The summed E-state index contributed by atoms with van der Waals surface area (Å²) in [7, 11) is 1.59. The van der Waals surface area contributed by atoms with E-state index in [0.29, 0.717) is 5.56 Å². The van der Waals surface area contributed by atoms with E-state index in [2.05, 4.69) is 16.5 Å². The van der Waals surface area contributed by atoms with E-state index >= 15 is 0 Å². The Morgan fingerprint density at radius 2 is 2.03 bits per heavy atom. The standard InChI is InChI=1S/C21H20N6OS/c1-20(17-11-16(13-29-17)15-7-4-6-14(10-15)12-22)21(2,27-9-5-8-24-27)18(28)26(3)19(23)25-20/h4-11,13H,1-3H3,(H2,23,25)/t20-,21?/m0/s1. The molecular weight excluding hydrogens is 384 g/mol. The zero-order valence-electron chi connectivity index (χ0n) is 16.3. The fraction of sp³-hybridized carbons (Fsp3) is 0.238. The summed E-state index contributed by atoms with van der Waals surface area (Å²) in [4.78, 5) is 15.6. The van der Waals surface area contributed by atoms with E-state index in [9.17, 15) is 10.1 Å². The molecule has 2 N–H and O–H groups in total. The van der Waals surface area contributed by atoms with Crippen LogP contribution in [-0.2, 0) is 15.9 Å². The minimum absolute atomic E-state index is 0.0450. The van der Waals surface area contributed by atoms with Crippen molar-refractivity contribution in [1.29, 1.82) is 10.7 Å². The number of nitriles is 1. The van der Waals surface area contributed by atoms with E-state index in [4.69, 9.17) is 5.41 Å². The summed E-state index contributed by atoms with van der Waals surface area (Å²) in [6.07, 6.45) is 3.41. The number of benzene rings is 1. The molecule has 1 aliphatic heterocycles. The molecule has 146 valence electrons. The van der Waals surface area contributed by atoms with Gasteiger partial charge >= 0.3 is 0 Å². The summed E-state index contributed by atoms with van der Waals surface area (Å²) in [6, 6.07) is 13.4. The van der Waals surface area contributed by atoms with Crippen LogP contribution in [0.3, 0.4) is 0 Å². The second-order valence-corrected chi connectivity index (χ2v) is 8.29. The molecule has 1 unspecified atom stereocenters. The fourth-order valence-corrected chi connectivity index (χ4v) is 4.90. The molecule has 3 aromatic rings. The third-order valence-electron chi connectivity index (χ3n) is 5.78. The van der Waals surface area contributed by atoms with Crippen molar-refractivity contribution in [2.75, 3.05) is 7.05 Å². The van der Waals surface area contributed by atoms with Gasteiger partial charge in [-0.15, -0.1) is 11.3 Å². The first-order valence-electron chi connectivity index (χ1n) is 9.06. The molecule has 29 heavy (non-hydrogen) atoms. The summed E-state index contributed by atoms with van der Waals surface area (Å²) in [5, 5.41) is 27.1. The molecule has 2 atom stereocenters. The Morgan fingerprint density at radius 1 is 1.24 bits per heavy atom. The number of hydrogen-bond acceptors (Lipinski definition) is 5. The molecule has 0 bridgehead atoms. The molecule has 1 amide bonds. The number of thiophene rings is 1. The van der Waals surface area contributed by atoms with Crippen LogP contribution in [-0.4, -0.2) is 33.6 Å². The van der Waals surface area contributed by atoms with Gasteiger partial charge in [-0.25, -0.2) is 0 Å². The number of guanidine groups is 1. The second-order valence-electron chi connectivity index (χ2n) is 7.38. The zero-order valence-corrected chi connectivity index (χ0v) is 17.1. The normalized spacial score (nSPS) is 24.3. The van der Waals surface area contributed by atoms with E-state index in [1.54, 1.807) is 36.3 Å². The van der Waals surface area contributed by atoms with Crippen molar-refractivity contribution in [1.82, 2.24) is 20.0 Å². The van der Waals surface area contributed by atoms with Crippen LogP contribution in [0.5, 0.6) is 0 Å². The van der Waals surface area contributed by atoms with Gasteiger partial charge < -0.3 is 5.32 Å². The summed E-state index contributed by atoms with van der Waals surface area (Å²) in [5.74, 6) is -0.169. The molecule has 7 nitrogen and oxygen atoms in total. The van der Waals surface area contributed by atoms with E-state index in [1.165, 1.54) is 16.2 Å². The lowest BCUT2D eigenvalue weighted by Gasteiger charge is -2.51. The van der Waals surface area contributed by atoms with Crippen molar-refractivity contribution in [3.63, 3.8) is 0 Å². The number of likely N-dealkylation sites (N-methyl/N-ethyl adjacent to an activating group) is 1. The largest absolute Gasteiger partial charge is 0.343 e. The number of carbonyl (C=O) groups excluding carboxylic acids is 1. The zero-order chi connectivity index (χ0) is 20.8. The molecule has 0 saturated carbocycles. The molecule has 0 aliphatic carbocycles. The summed E-state index contributed by atoms with van der Waals surface area (Å²) < 4.78 is 1.65. The summed E-state index contributed by atoms with van der Waals surface area (Å²) >= 11 is 1.51. The maximum Gasteiger partial charge on any atom is 0.259 e. The molecule has 4 rings (SSSR count). The summed E-state index contributed by atoms with van der Waals surface area (Å²) in [5.41, 5.74) is 0.523. The van der Waals surface area contributed by atoms with E-state index in [1.807, 2.05) is 43.5 Å². The maximum absolute atomic E-state index is 13.4. The molecule has 1 saturated heterocycles. The maximum atomic E-state index is 13.4. The predicted octanol–water partition coefficient (Wildman–Crippen LogP) is 3.11. The SMILES string of the molecule is CN1C(=N)N[C@@](C)(c2cc(-c3cccc(C#N)c3)cs2)C(C)(n2cccn2)C1=O. The van der Waals surface area contributed by atoms with Crippen molar-refractivity contribution in [2.45, 2.75) is 24.9 Å². The van der Waals surface area contributed by atoms with Crippen LogP contribution in [0.4, 0.5) is 0 Å². The van der Waals surface area contributed by atoms with Crippen LogP contribution < -0.4 is 5.32 Å². The lowest BCUT2D eigenvalue weighted by molar-refractivity contribution is -0.143. The number of carbonyl (C=O) groups is 1. The van der Waals surface area contributed by atoms with Gasteiger partial charge in [-0.3, -0.25) is 19.8 Å². The minimum Gasteiger partial charge on any atom is -0.343 e. The Bertz CT molecular complexity index is 1140. The number of nitrogens with zero attached hydrogens (tertiary/aromatic N) is 4. The van der Waals surface area contributed by atoms with Gasteiger partial charge in [-0.1, -0.05) is 12.1 Å². The second kappa shape index (κ2) is 6.57. The first-order chi connectivity index (χ1) is 13.8. The summed E-state index contributed by atoms with van der Waals surface area (Å²) in [6.45, 7) is 3.77. The fourth-order valence-electron chi connectivity index (χ4n) is 3.76. The average molecular weight is 404 g/mol. The number of nitrogens with one attached hydrogen (secondary N) is 2. The van der Waals surface area contributed by atoms with Crippen LogP contribution >= 0.6 is 11.3 Å². The van der Waals surface area contributed by atoms with Crippen LogP contribution in [0.1, 0.15) is 24.3 Å². The Hall–Kier alpha value is -3.44. The lowest BCUT2D eigenvalue weighted by atomic mass is 9.75. The highest BCUT2D eigenvalue weighted by atomic mass is 32.1. The van der Waals surface area contributed by atoms with Gasteiger partial charge in [-0.2, -0.15) is 10.4 Å². The van der Waals surface area contributed by atoms with Crippen LogP contribution in [0.2, 0.25) is 0 Å². The lowest BCUT2D eigenvalue weighted by Crippen LogP contribution is -2.72. The third-order valence-corrected chi connectivity index (χ3v) is 6.93. The van der Waals surface area contributed by atoms with Gasteiger partial charge in [0.1, 0.15) is 5.54 Å². The molecule has 1 aromatic carbocycles. The minimum atomic E-state index is -1.08. The molecular formula is C21H20N6OS. The highest BCUT2D eigenvalue weighted by Crippen LogP contribution is 2.45. The monoisotopic (exact) mass is 404 g/mol. The topological polar surface area (TPSA) is 97.8 Å². The number of aromatic nitrogens is 2. The van der Waals surface area contributed by atoms with Crippen LogP contribution in [0.25, 0.3) is 11.1 Å². The first-order valence-corrected chi connectivity index (χ1v) is 9.94. The van der Waals surface area contributed by atoms with E-state index < -0.39 is 11.1 Å². The van der Waals surface area contributed by atoms with Gasteiger partial charge in [0, 0.05) is 24.3 Å². The average Bonchev–Trinajstić information content (AvgIpc) is 3.43. The van der Waals surface area contributed by atoms with Gasteiger partial charge in [0.25, 0.3) is 5.91 Å². The molecule has 1 aliphatic rings. The van der Waals surface area contributed by atoms with E-state index in [-0.39, 0.29) is 11.9 Å². The van der Waals surface area contributed by atoms with Crippen molar-refractivity contribution in [2.24, 2.45) is 0 Å². The highest BCUT2D eigenvalue weighted by Gasteiger charge is 2.59. The molecule has 0 spiro atoms. The van der Waals surface area contributed by atoms with Gasteiger partial charge in [0.15, 0.2) is 11.5 Å². The first kappa shape index (κ1) is 18.9. The molecule has 2 aromatic heterocycles. The third kappa shape index (κ3) is 2.66. The van der Waals surface area contributed by atoms with Crippen LogP contribution in [0.15, 0.2) is 54.2 Å². The highest BCUT2D eigenvalue weighted by molar-refractivity contribution is 7.10. The Labute approximate surface area is 172 Å². The molecule has 3 heterocycles. The molecule has 0 radical (unpaired) electrons. The Balaban J connectivity index is 1.85. The van der Waals surface area contributed by atoms with Crippen LogP contribution in [0, 0.1) is 16.7 Å². The van der Waals surface area contributed by atoms with Crippen molar-refractivity contribution >= 4 is 23.2 Å². The Kier molecular flexibility index (Phi) is 4.28. The van der Waals surface area contributed by atoms with Gasteiger partial charge in [-0.05, 0) is 54.6 Å². The Morgan fingerprint density at radius 3 is 2.72 bits per heavy atom.